The van der Waals surface area contributed by atoms with E-state index in [4.69, 9.17) is 4.74 Å². The highest BCUT2D eigenvalue weighted by Crippen LogP contribution is 2.24. The fourth-order valence-electron chi connectivity index (χ4n) is 3.08. The highest BCUT2D eigenvalue weighted by molar-refractivity contribution is 5.98. The van der Waals surface area contributed by atoms with Crippen molar-refractivity contribution in [3.8, 4) is 5.75 Å². The topological polar surface area (TPSA) is 67.4 Å². The van der Waals surface area contributed by atoms with Gasteiger partial charge in [-0.3, -0.25) is 20.4 Å². The van der Waals surface area contributed by atoms with E-state index in [0.29, 0.717) is 23.8 Å². The Morgan fingerprint density at radius 2 is 1.30 bits per heavy atom. The van der Waals surface area contributed by atoms with E-state index in [1.54, 1.807) is 18.2 Å². The Balaban J connectivity index is 1.74. The van der Waals surface area contributed by atoms with Gasteiger partial charge >= 0.3 is 0 Å². The van der Waals surface area contributed by atoms with Crippen molar-refractivity contribution >= 4 is 11.8 Å². The highest BCUT2D eigenvalue weighted by Gasteiger charge is 2.23. The van der Waals surface area contributed by atoms with Crippen LogP contribution in [0, 0.1) is 5.92 Å². The van der Waals surface area contributed by atoms with Crippen LogP contribution in [0.5, 0.6) is 5.75 Å². The molecule has 0 radical (unpaired) electrons. The van der Waals surface area contributed by atoms with Gasteiger partial charge in [0.05, 0.1) is 18.1 Å². The smallest absolute Gasteiger partial charge is 0.273 e. The molecule has 0 aliphatic carbocycles. The first-order valence-corrected chi connectivity index (χ1v) is 9.98. The zero-order valence-electron chi connectivity index (χ0n) is 17.2. The van der Waals surface area contributed by atoms with Gasteiger partial charge in [-0.2, -0.15) is 0 Å². The van der Waals surface area contributed by atoms with E-state index in [1.807, 2.05) is 80.6 Å². The Hall–Kier alpha value is -3.60. The number of benzene rings is 3. The molecule has 0 aliphatic rings. The number of amides is 2. The number of nitrogens with one attached hydrogen (secondary N) is 2. The van der Waals surface area contributed by atoms with Gasteiger partial charge < -0.3 is 4.74 Å². The molecular weight excluding hydrogens is 376 g/mol. The van der Waals surface area contributed by atoms with E-state index >= 15 is 0 Å². The lowest BCUT2D eigenvalue weighted by Gasteiger charge is -2.19. The largest absolute Gasteiger partial charge is 0.492 e. The number of hydrogen-bond donors (Lipinski definition) is 2. The molecule has 0 spiro atoms. The molecule has 2 N–H and O–H groups in total. The quantitative estimate of drug-likeness (QED) is 0.579. The number of carbonyl (C=O) groups is 2. The summed E-state index contributed by atoms with van der Waals surface area (Å²) in [5.41, 5.74) is 7.16. The minimum Gasteiger partial charge on any atom is -0.492 e. The van der Waals surface area contributed by atoms with Gasteiger partial charge in [-0.05, 0) is 29.2 Å². The van der Waals surface area contributed by atoms with Gasteiger partial charge in [-0.1, -0.05) is 86.6 Å². The van der Waals surface area contributed by atoms with E-state index in [0.717, 1.165) is 11.1 Å². The molecule has 0 saturated heterocycles. The van der Waals surface area contributed by atoms with Crippen LogP contribution in [0.3, 0.4) is 0 Å². The molecule has 0 saturated carbocycles. The summed E-state index contributed by atoms with van der Waals surface area (Å²) in [6, 6.07) is 25.9. The number of hydrazine groups is 1. The summed E-state index contributed by atoms with van der Waals surface area (Å²) < 4.78 is 5.74. The fourth-order valence-corrected chi connectivity index (χ4v) is 3.08. The molecule has 0 fully saturated rings. The van der Waals surface area contributed by atoms with Crippen LogP contribution in [-0.4, -0.2) is 18.4 Å². The second kappa shape index (κ2) is 10.3. The molecule has 30 heavy (non-hydrogen) atoms. The molecule has 3 rings (SSSR count). The number of rotatable bonds is 7. The first kappa shape index (κ1) is 21.1. The Kier molecular flexibility index (Phi) is 7.22. The van der Waals surface area contributed by atoms with Crippen molar-refractivity contribution in [3.63, 3.8) is 0 Å². The lowest BCUT2D eigenvalue weighted by atomic mass is 9.91. The van der Waals surface area contributed by atoms with E-state index in [9.17, 15) is 9.59 Å². The molecule has 3 aromatic carbocycles. The standard InChI is InChI=1S/C25H26N2O3/c1-18(2)17-30-22-16-10-9-15-21(22)24(28)26-27-25(29)23(19-11-5-3-6-12-19)20-13-7-4-8-14-20/h3-16,18,23H,17H2,1-2H3,(H,26,28)(H,27,29). The summed E-state index contributed by atoms with van der Waals surface area (Å²) in [6.45, 7) is 4.58. The van der Waals surface area contributed by atoms with Crippen LogP contribution in [0.1, 0.15) is 41.3 Å². The summed E-state index contributed by atoms with van der Waals surface area (Å²) in [4.78, 5) is 25.7. The number of carbonyl (C=O) groups excluding carboxylic acids is 2. The maximum Gasteiger partial charge on any atom is 0.273 e. The summed E-state index contributed by atoms with van der Waals surface area (Å²) >= 11 is 0. The Morgan fingerprint density at radius 1 is 0.767 bits per heavy atom. The first-order valence-electron chi connectivity index (χ1n) is 9.98. The molecule has 0 aromatic heterocycles. The third-order valence-electron chi connectivity index (χ3n) is 4.53. The lowest BCUT2D eigenvalue weighted by Crippen LogP contribution is -2.44. The molecule has 154 valence electrons. The average Bonchev–Trinajstić information content (AvgIpc) is 2.78. The summed E-state index contributed by atoms with van der Waals surface area (Å²) in [5, 5.41) is 0. The summed E-state index contributed by atoms with van der Waals surface area (Å²) in [7, 11) is 0. The van der Waals surface area contributed by atoms with Crippen molar-refractivity contribution < 1.29 is 14.3 Å². The van der Waals surface area contributed by atoms with Gasteiger partial charge in [-0.15, -0.1) is 0 Å². The van der Waals surface area contributed by atoms with Crippen LogP contribution in [0.4, 0.5) is 0 Å². The van der Waals surface area contributed by atoms with E-state index in [2.05, 4.69) is 10.9 Å². The monoisotopic (exact) mass is 402 g/mol. The number of para-hydroxylation sites is 1. The van der Waals surface area contributed by atoms with Crippen LogP contribution in [-0.2, 0) is 4.79 Å². The lowest BCUT2D eigenvalue weighted by molar-refractivity contribution is -0.122. The second-order valence-electron chi connectivity index (χ2n) is 7.40. The predicted octanol–water partition coefficient (Wildman–Crippen LogP) is 4.31. The molecule has 5 nitrogen and oxygen atoms in total. The number of ether oxygens (including phenoxy) is 1. The highest BCUT2D eigenvalue weighted by atomic mass is 16.5. The third kappa shape index (κ3) is 5.47. The third-order valence-corrected chi connectivity index (χ3v) is 4.53. The minimum atomic E-state index is -0.542. The SMILES string of the molecule is CC(C)COc1ccccc1C(=O)NNC(=O)C(c1ccccc1)c1ccccc1. The van der Waals surface area contributed by atoms with Crippen molar-refractivity contribution in [1.82, 2.24) is 10.9 Å². The van der Waals surface area contributed by atoms with Crippen LogP contribution in [0.15, 0.2) is 84.9 Å². The molecule has 0 unspecified atom stereocenters. The molecule has 5 heteroatoms. The second-order valence-corrected chi connectivity index (χ2v) is 7.40. The molecular formula is C25H26N2O3. The molecule has 2 amide bonds. The summed E-state index contributed by atoms with van der Waals surface area (Å²) in [5.74, 6) is -0.469. The normalized spacial score (nSPS) is 10.7. The van der Waals surface area contributed by atoms with Gasteiger partial charge in [0.25, 0.3) is 5.91 Å². The predicted molar refractivity (Wildman–Crippen MR) is 117 cm³/mol. The Labute approximate surface area is 177 Å². The van der Waals surface area contributed by atoms with E-state index < -0.39 is 11.8 Å². The van der Waals surface area contributed by atoms with Crippen LogP contribution in [0.25, 0.3) is 0 Å². The van der Waals surface area contributed by atoms with Gasteiger partial charge in [0.1, 0.15) is 5.75 Å². The molecule has 0 heterocycles. The Morgan fingerprint density at radius 3 is 1.87 bits per heavy atom. The van der Waals surface area contributed by atoms with Crippen LogP contribution >= 0.6 is 0 Å². The first-order chi connectivity index (χ1) is 14.6. The van der Waals surface area contributed by atoms with E-state index in [1.165, 1.54) is 0 Å². The van der Waals surface area contributed by atoms with E-state index in [-0.39, 0.29) is 5.91 Å². The van der Waals surface area contributed by atoms with Crippen LogP contribution < -0.4 is 15.6 Å². The minimum absolute atomic E-state index is 0.318. The van der Waals surface area contributed by atoms with Gasteiger partial charge in [0.2, 0.25) is 5.91 Å². The molecule has 3 aromatic rings. The van der Waals surface area contributed by atoms with Gasteiger partial charge in [0.15, 0.2) is 0 Å². The van der Waals surface area contributed by atoms with Crippen molar-refractivity contribution in [2.24, 2.45) is 5.92 Å². The van der Waals surface area contributed by atoms with Crippen LogP contribution in [0.2, 0.25) is 0 Å². The van der Waals surface area contributed by atoms with Crippen molar-refractivity contribution in [3.05, 3.63) is 102 Å². The average molecular weight is 402 g/mol. The number of hydrogen-bond acceptors (Lipinski definition) is 3. The molecule has 0 atom stereocenters. The van der Waals surface area contributed by atoms with Gasteiger partial charge in [0, 0.05) is 0 Å². The molecule has 0 aliphatic heterocycles. The maximum absolute atomic E-state index is 13.0. The molecule has 0 bridgehead atoms. The maximum atomic E-state index is 13.0. The summed E-state index contributed by atoms with van der Waals surface area (Å²) in [6.07, 6.45) is 0. The van der Waals surface area contributed by atoms with Crippen molar-refractivity contribution in [2.45, 2.75) is 19.8 Å². The van der Waals surface area contributed by atoms with Crippen molar-refractivity contribution in [2.75, 3.05) is 6.61 Å². The van der Waals surface area contributed by atoms with Gasteiger partial charge in [-0.25, -0.2) is 0 Å². The Bertz CT molecular complexity index is 932. The zero-order valence-corrected chi connectivity index (χ0v) is 17.2. The zero-order chi connectivity index (χ0) is 21.3. The fraction of sp³-hybridized carbons (Fsp3) is 0.200. The van der Waals surface area contributed by atoms with Crippen molar-refractivity contribution in [1.29, 1.82) is 0 Å².